The lowest BCUT2D eigenvalue weighted by Gasteiger charge is -2.15. The van der Waals surface area contributed by atoms with Gasteiger partial charge in [-0.15, -0.1) is 0 Å². The number of pyridine rings is 1. The first-order chi connectivity index (χ1) is 9.86. The van der Waals surface area contributed by atoms with E-state index in [1.807, 2.05) is 24.4 Å². The lowest BCUT2D eigenvalue weighted by atomic mass is 9.92. The van der Waals surface area contributed by atoms with Gasteiger partial charge in [0.25, 0.3) is 0 Å². The molecule has 0 aliphatic heterocycles. The molecule has 3 rings (SSSR count). The number of aromatic nitrogens is 1. The number of nitrogens with zero attached hydrogens (tertiary/aromatic N) is 1. The molecule has 0 saturated heterocycles. The summed E-state index contributed by atoms with van der Waals surface area (Å²) in [5.41, 5.74) is 2.56. The highest BCUT2D eigenvalue weighted by Crippen LogP contribution is 2.44. The number of benzene rings is 1. The average molecular weight is 267 g/mol. The van der Waals surface area contributed by atoms with Crippen molar-refractivity contribution in [2.24, 2.45) is 5.92 Å². The van der Waals surface area contributed by atoms with Crippen molar-refractivity contribution in [1.82, 2.24) is 4.98 Å². The molecule has 0 amide bonds. The molecule has 2 aromatic rings. The molecule has 1 saturated carbocycles. The smallest absolute Gasteiger partial charge is 0.213 e. The Balaban J connectivity index is 1.68. The molecule has 1 aliphatic carbocycles. The van der Waals surface area contributed by atoms with Crippen LogP contribution < -0.4 is 4.74 Å². The summed E-state index contributed by atoms with van der Waals surface area (Å²) >= 11 is 0. The van der Waals surface area contributed by atoms with Crippen molar-refractivity contribution < 1.29 is 4.74 Å². The molecule has 0 N–H and O–H groups in total. The zero-order valence-electron chi connectivity index (χ0n) is 12.0. The second-order valence-electron chi connectivity index (χ2n) is 5.55. The Labute approximate surface area is 120 Å². The van der Waals surface area contributed by atoms with Gasteiger partial charge in [0.05, 0.1) is 0 Å². The van der Waals surface area contributed by atoms with Gasteiger partial charge in [0.15, 0.2) is 0 Å². The molecule has 1 unspecified atom stereocenters. The van der Waals surface area contributed by atoms with Crippen molar-refractivity contribution in [2.45, 2.75) is 38.7 Å². The Bertz CT molecular complexity index is 548. The van der Waals surface area contributed by atoms with Gasteiger partial charge in [-0.05, 0) is 48.3 Å². The van der Waals surface area contributed by atoms with E-state index in [0.717, 1.165) is 11.8 Å². The molecule has 1 aliphatic rings. The van der Waals surface area contributed by atoms with Crippen LogP contribution in [0, 0.1) is 5.92 Å². The number of hydrogen-bond donors (Lipinski definition) is 0. The molecule has 20 heavy (non-hydrogen) atoms. The van der Waals surface area contributed by atoms with Gasteiger partial charge in [-0.3, -0.25) is 0 Å². The summed E-state index contributed by atoms with van der Waals surface area (Å²) in [6.07, 6.45) is 5.83. The van der Waals surface area contributed by atoms with Gasteiger partial charge in [-0.1, -0.05) is 37.3 Å². The molecule has 0 radical (unpaired) electrons. The fraction of sp³-hybridized carbons (Fsp3) is 0.389. The predicted octanol–water partition coefficient (Wildman–Crippen LogP) is 4.56. The lowest BCUT2D eigenvalue weighted by molar-refractivity contribution is 0.293. The fourth-order valence-electron chi connectivity index (χ4n) is 2.81. The quantitative estimate of drug-likeness (QED) is 0.765. The molecule has 1 aromatic heterocycles. The Kier molecular flexibility index (Phi) is 4.00. The summed E-state index contributed by atoms with van der Waals surface area (Å²) in [6, 6.07) is 14.5. The number of hydrogen-bond acceptors (Lipinski definition) is 2. The largest absolute Gasteiger partial charge is 0.473 e. The van der Waals surface area contributed by atoms with Crippen LogP contribution in [0.25, 0.3) is 0 Å². The van der Waals surface area contributed by atoms with Gasteiger partial charge in [-0.2, -0.15) is 0 Å². The number of rotatable bonds is 6. The summed E-state index contributed by atoms with van der Waals surface area (Å²) in [4.78, 5) is 4.33. The minimum atomic E-state index is 0.581. The highest BCUT2D eigenvalue weighted by Gasteiger charge is 2.31. The lowest BCUT2D eigenvalue weighted by Crippen LogP contribution is -2.02. The first kappa shape index (κ1) is 13.2. The predicted molar refractivity (Wildman–Crippen MR) is 80.8 cm³/mol. The first-order valence-electron chi connectivity index (χ1n) is 7.49. The van der Waals surface area contributed by atoms with E-state index in [4.69, 9.17) is 4.74 Å². The van der Waals surface area contributed by atoms with Crippen LogP contribution >= 0.6 is 0 Å². The summed E-state index contributed by atoms with van der Waals surface area (Å²) in [6.45, 7) is 2.85. The summed E-state index contributed by atoms with van der Waals surface area (Å²) in [5, 5.41) is 0. The third kappa shape index (κ3) is 3.19. The van der Waals surface area contributed by atoms with E-state index < -0.39 is 0 Å². The molecule has 1 aromatic carbocycles. The minimum absolute atomic E-state index is 0.581. The van der Waals surface area contributed by atoms with Crippen LogP contribution in [0.3, 0.4) is 0 Å². The van der Waals surface area contributed by atoms with Crippen molar-refractivity contribution in [2.75, 3.05) is 0 Å². The molecule has 0 spiro atoms. The fourth-order valence-corrected chi connectivity index (χ4v) is 2.81. The third-order valence-electron chi connectivity index (χ3n) is 4.05. The van der Waals surface area contributed by atoms with Gasteiger partial charge in [0, 0.05) is 12.3 Å². The van der Waals surface area contributed by atoms with Gasteiger partial charge >= 0.3 is 0 Å². The van der Waals surface area contributed by atoms with Crippen molar-refractivity contribution in [3.8, 4) is 5.88 Å². The Morgan fingerprint density at radius 3 is 2.70 bits per heavy atom. The SMILES string of the molecule is CCC(c1ccnc(OCc2ccccc2)c1)C1CC1. The van der Waals surface area contributed by atoms with Crippen molar-refractivity contribution in [3.63, 3.8) is 0 Å². The van der Waals surface area contributed by atoms with E-state index in [1.165, 1.54) is 30.4 Å². The van der Waals surface area contributed by atoms with E-state index in [0.29, 0.717) is 12.5 Å². The van der Waals surface area contributed by atoms with E-state index in [1.54, 1.807) is 0 Å². The molecule has 0 bridgehead atoms. The first-order valence-corrected chi connectivity index (χ1v) is 7.49. The monoisotopic (exact) mass is 267 g/mol. The minimum Gasteiger partial charge on any atom is -0.473 e. The summed E-state index contributed by atoms with van der Waals surface area (Å²) in [5.74, 6) is 2.30. The molecule has 104 valence electrons. The van der Waals surface area contributed by atoms with Crippen LogP contribution in [-0.2, 0) is 6.61 Å². The highest BCUT2D eigenvalue weighted by molar-refractivity contribution is 5.26. The Morgan fingerprint density at radius 1 is 1.20 bits per heavy atom. The standard InChI is InChI=1S/C18H21NO/c1-2-17(15-8-9-15)16-10-11-19-18(12-16)20-13-14-6-4-3-5-7-14/h3-7,10-12,15,17H,2,8-9,13H2,1H3. The molecule has 1 atom stereocenters. The maximum atomic E-state index is 5.82. The summed E-state index contributed by atoms with van der Waals surface area (Å²) in [7, 11) is 0. The van der Waals surface area contributed by atoms with E-state index in [-0.39, 0.29) is 0 Å². The maximum Gasteiger partial charge on any atom is 0.213 e. The molecular formula is C18H21NO. The molecule has 1 fully saturated rings. The van der Waals surface area contributed by atoms with Crippen LogP contribution in [0.4, 0.5) is 0 Å². The molecule has 2 nitrogen and oxygen atoms in total. The van der Waals surface area contributed by atoms with Gasteiger partial charge in [0.2, 0.25) is 5.88 Å². The van der Waals surface area contributed by atoms with Crippen molar-refractivity contribution in [1.29, 1.82) is 0 Å². The zero-order chi connectivity index (χ0) is 13.8. The number of ether oxygens (including phenoxy) is 1. The van der Waals surface area contributed by atoms with E-state index >= 15 is 0 Å². The third-order valence-corrected chi connectivity index (χ3v) is 4.05. The van der Waals surface area contributed by atoms with Crippen LogP contribution in [0.15, 0.2) is 48.7 Å². The van der Waals surface area contributed by atoms with Crippen molar-refractivity contribution >= 4 is 0 Å². The topological polar surface area (TPSA) is 22.1 Å². The normalized spacial score (nSPS) is 15.8. The zero-order valence-corrected chi connectivity index (χ0v) is 12.0. The van der Waals surface area contributed by atoms with Crippen LogP contribution in [0.2, 0.25) is 0 Å². The highest BCUT2D eigenvalue weighted by atomic mass is 16.5. The maximum absolute atomic E-state index is 5.82. The second-order valence-corrected chi connectivity index (χ2v) is 5.55. The van der Waals surface area contributed by atoms with Gasteiger partial charge < -0.3 is 4.74 Å². The van der Waals surface area contributed by atoms with Crippen molar-refractivity contribution in [3.05, 3.63) is 59.8 Å². The molecular weight excluding hydrogens is 246 g/mol. The van der Waals surface area contributed by atoms with Gasteiger partial charge in [0.1, 0.15) is 6.61 Å². The van der Waals surface area contributed by atoms with Crippen LogP contribution in [0.1, 0.15) is 43.2 Å². The van der Waals surface area contributed by atoms with Crippen LogP contribution in [-0.4, -0.2) is 4.98 Å². The van der Waals surface area contributed by atoms with E-state index in [2.05, 4.69) is 36.2 Å². The summed E-state index contributed by atoms with van der Waals surface area (Å²) < 4.78 is 5.82. The average Bonchev–Trinajstić information content (AvgIpc) is 3.32. The van der Waals surface area contributed by atoms with Crippen LogP contribution in [0.5, 0.6) is 5.88 Å². The molecule has 1 heterocycles. The van der Waals surface area contributed by atoms with E-state index in [9.17, 15) is 0 Å². The Morgan fingerprint density at radius 2 is 2.00 bits per heavy atom. The Hall–Kier alpha value is -1.83. The second kappa shape index (κ2) is 6.08. The van der Waals surface area contributed by atoms with Gasteiger partial charge in [-0.25, -0.2) is 4.98 Å². The molecule has 2 heteroatoms.